The number of halogens is 2. The molecule has 0 bridgehead atoms. The summed E-state index contributed by atoms with van der Waals surface area (Å²) in [7, 11) is 1.70. The van der Waals surface area contributed by atoms with Crippen molar-refractivity contribution in [2.75, 3.05) is 120 Å². The molecule has 8 N–H and O–H groups in total. The number of nitrogens with one attached hydrogen (secondary N) is 8. The first-order valence-electron chi connectivity index (χ1n) is 36.8. The molecule has 6 fully saturated rings. The number of carbonyl (C=O) groups is 7. The van der Waals surface area contributed by atoms with Crippen LogP contribution in [-0.2, 0) is 59.6 Å². The van der Waals surface area contributed by atoms with Crippen LogP contribution in [0, 0.1) is 23.0 Å². The molecular weight excluding hydrogens is 1270 g/mol. The lowest BCUT2D eigenvalue weighted by molar-refractivity contribution is -0.143. The van der Waals surface area contributed by atoms with E-state index in [0.717, 1.165) is 133 Å². The highest BCUT2D eigenvalue weighted by molar-refractivity contribution is 5.94. The molecule has 6 heterocycles. The van der Waals surface area contributed by atoms with Crippen molar-refractivity contribution in [3.05, 3.63) is 113 Å². The van der Waals surface area contributed by atoms with Crippen LogP contribution in [0.1, 0.15) is 151 Å². The largest absolute Gasteiger partial charge is 0.366 e. The van der Waals surface area contributed by atoms with Crippen molar-refractivity contribution in [3.8, 4) is 0 Å². The van der Waals surface area contributed by atoms with Crippen LogP contribution in [0.3, 0.4) is 0 Å². The van der Waals surface area contributed by atoms with E-state index in [0.29, 0.717) is 76.6 Å². The van der Waals surface area contributed by atoms with Gasteiger partial charge in [0.05, 0.1) is 30.4 Å². The van der Waals surface area contributed by atoms with Gasteiger partial charge in [-0.2, -0.15) is 0 Å². The second-order valence-corrected chi connectivity index (χ2v) is 30.0. The number of hydrogen-bond donors (Lipinski definition) is 8. The second-order valence-electron chi connectivity index (χ2n) is 30.0. The Morgan fingerprint density at radius 1 is 0.730 bits per heavy atom. The zero-order valence-corrected chi connectivity index (χ0v) is 59.1. The topological polar surface area (TPSA) is 261 Å². The van der Waals surface area contributed by atoms with Gasteiger partial charge in [-0.05, 0) is 144 Å². The maximum atomic E-state index is 15.8. The number of piperazine rings is 2. The number of fused-ring (bicyclic) bond motifs is 1. The van der Waals surface area contributed by atoms with Crippen molar-refractivity contribution < 1.29 is 42.3 Å². The van der Waals surface area contributed by atoms with Gasteiger partial charge >= 0.3 is 0 Å². The third-order valence-electron chi connectivity index (χ3n) is 22.1. The van der Waals surface area contributed by atoms with Crippen molar-refractivity contribution in [2.45, 2.75) is 179 Å². The fraction of sp³-hybridized carbons (Fsp3) is 0.613. The number of likely N-dealkylation sites (tertiary alicyclic amines) is 2. The van der Waals surface area contributed by atoms with E-state index < -0.39 is 41.3 Å². The van der Waals surface area contributed by atoms with Crippen LogP contribution in [0.5, 0.6) is 0 Å². The lowest BCUT2D eigenvalue weighted by Crippen LogP contribution is -2.66. The van der Waals surface area contributed by atoms with E-state index in [1.165, 1.54) is 29.6 Å². The van der Waals surface area contributed by atoms with Crippen molar-refractivity contribution in [3.63, 3.8) is 0 Å². The molecule has 100 heavy (non-hydrogen) atoms. The Hall–Kier alpha value is -7.87. The zero-order valence-electron chi connectivity index (χ0n) is 59.1. The standard InChI is InChI=1S/C75H106F2N16O7/c1-51(78-4)71(98)86-70(55-16-6-5-7-17-55)73(100)93-46-58(39-63(93)72(99)82-44-56-19-11-18-54-15-8-9-20-59(54)56)85-67(95)22-21-66(94)79-27-12-28-88-33-35-90(36-34-88)47-68(96)81-43-53-14-10-13-52(37-53)42-80-64-41-65(84-50-83-64)91-31-25-75(26-32-91)49-92(48-69(97)87-75)62-40-60(76)57(38-61(62)77)45-89-29-23-74(2,3)24-30-89/h8-10,13-15,20,37-38,40-41,50-51,55-56,58,63,70,78H,5-7,11-12,16-19,21-36,39,42-49H2,1-4H3,(H,79,94)(H,81,96)(H,82,99)(H,85,95)(H,86,98)(H,87,97)(H,80,83,84)/t51-,56?,58-,63-,70-/m0/s1. The van der Waals surface area contributed by atoms with Crippen molar-refractivity contribution in [1.82, 2.24) is 66.8 Å². The molecule has 0 radical (unpaired) electrons. The molecule has 1 unspecified atom stereocenters. The molecule has 2 aliphatic carbocycles. The average molecular weight is 1380 g/mol. The quantitative estimate of drug-likeness (QED) is 0.0344. The summed E-state index contributed by atoms with van der Waals surface area (Å²) in [4.78, 5) is 116. The number of aryl methyl sites for hydroxylation is 1. The highest BCUT2D eigenvalue weighted by Crippen LogP contribution is 2.36. The lowest BCUT2D eigenvalue weighted by atomic mass is 9.82. The molecule has 5 saturated heterocycles. The summed E-state index contributed by atoms with van der Waals surface area (Å²) in [5, 5.41) is 24.9. The number of likely N-dealkylation sites (N-methyl/N-ethyl adjacent to an activating group) is 1. The molecule has 1 spiro atoms. The molecule has 1 aromatic heterocycles. The van der Waals surface area contributed by atoms with E-state index in [2.05, 4.69) is 104 Å². The first-order chi connectivity index (χ1) is 48.2. The number of benzene rings is 3. The maximum absolute atomic E-state index is 15.8. The van der Waals surface area contributed by atoms with Crippen LogP contribution in [0.25, 0.3) is 0 Å². The fourth-order valence-electron chi connectivity index (χ4n) is 15.8. The number of aromatic nitrogens is 2. The second kappa shape index (κ2) is 34.2. The third kappa shape index (κ3) is 19.8. The number of piperidine rings is 2. The van der Waals surface area contributed by atoms with Crippen molar-refractivity contribution in [1.29, 1.82) is 0 Å². The summed E-state index contributed by atoms with van der Waals surface area (Å²) in [6, 6.07) is 18.2. The molecule has 5 aliphatic heterocycles. The summed E-state index contributed by atoms with van der Waals surface area (Å²) >= 11 is 0. The van der Waals surface area contributed by atoms with Gasteiger partial charge < -0.3 is 62.1 Å². The lowest BCUT2D eigenvalue weighted by Gasteiger charge is -2.48. The predicted octanol–water partition coefficient (Wildman–Crippen LogP) is 5.48. The number of nitrogens with zero attached hydrogens (tertiary/aromatic N) is 8. The Kier molecular flexibility index (Phi) is 25.1. The Morgan fingerprint density at radius 2 is 1.47 bits per heavy atom. The average Bonchev–Trinajstić information content (AvgIpc) is 1.69. The molecule has 3 aromatic carbocycles. The van der Waals surface area contributed by atoms with Gasteiger partial charge in [0.15, 0.2) is 0 Å². The predicted molar refractivity (Wildman–Crippen MR) is 381 cm³/mol. The van der Waals surface area contributed by atoms with Crippen LogP contribution in [0.2, 0.25) is 0 Å². The summed E-state index contributed by atoms with van der Waals surface area (Å²) in [5.41, 5.74) is 4.62. The van der Waals surface area contributed by atoms with Crippen LogP contribution in [-0.4, -0.2) is 206 Å². The number of amides is 7. The molecule has 542 valence electrons. The first-order valence-corrected chi connectivity index (χ1v) is 36.8. The number of carbonyl (C=O) groups excluding carboxylic acids is 7. The van der Waals surface area contributed by atoms with Gasteiger partial charge in [-0.3, -0.25) is 43.4 Å². The van der Waals surface area contributed by atoms with E-state index in [1.807, 2.05) is 36.4 Å². The molecule has 25 heteroatoms. The molecule has 1 saturated carbocycles. The van der Waals surface area contributed by atoms with E-state index in [-0.39, 0.29) is 103 Å². The number of rotatable bonds is 27. The molecule has 4 aromatic rings. The van der Waals surface area contributed by atoms with E-state index >= 15 is 8.78 Å². The van der Waals surface area contributed by atoms with Gasteiger partial charge in [0.1, 0.15) is 41.7 Å². The molecule has 23 nitrogen and oxygen atoms in total. The summed E-state index contributed by atoms with van der Waals surface area (Å²) in [6.45, 7) is 15.8. The van der Waals surface area contributed by atoms with Crippen LogP contribution in [0.15, 0.2) is 73.1 Å². The first kappa shape index (κ1) is 73.4. The fourth-order valence-corrected chi connectivity index (χ4v) is 15.8. The Labute approximate surface area is 588 Å². The monoisotopic (exact) mass is 1380 g/mol. The normalized spacial score (nSPS) is 21.9. The highest BCUT2D eigenvalue weighted by Gasteiger charge is 2.46. The molecule has 7 amide bonds. The van der Waals surface area contributed by atoms with E-state index in [4.69, 9.17) is 0 Å². The van der Waals surface area contributed by atoms with Crippen LogP contribution in [0.4, 0.5) is 26.1 Å². The van der Waals surface area contributed by atoms with Crippen molar-refractivity contribution >= 4 is 58.7 Å². The van der Waals surface area contributed by atoms with E-state index in [9.17, 15) is 33.6 Å². The number of anilines is 3. The summed E-state index contributed by atoms with van der Waals surface area (Å²) in [5.74, 6) is -1.20. The van der Waals surface area contributed by atoms with Crippen molar-refractivity contribution in [2.24, 2.45) is 11.3 Å². The molecule has 5 atom stereocenters. The van der Waals surface area contributed by atoms with Gasteiger partial charge in [-0.25, -0.2) is 18.7 Å². The summed E-state index contributed by atoms with van der Waals surface area (Å²) < 4.78 is 31.4. The third-order valence-corrected chi connectivity index (χ3v) is 22.1. The maximum Gasteiger partial charge on any atom is 0.246 e. The van der Waals surface area contributed by atoms with Crippen LogP contribution < -0.4 is 52.3 Å². The molecular formula is C75H106F2N16O7. The Balaban J connectivity index is 0.564. The van der Waals surface area contributed by atoms with Gasteiger partial charge in [0.2, 0.25) is 41.4 Å². The minimum absolute atomic E-state index is 0.00976. The van der Waals surface area contributed by atoms with Gasteiger partial charge in [0, 0.05) is 128 Å². The smallest absolute Gasteiger partial charge is 0.246 e. The molecule has 11 rings (SSSR count). The van der Waals surface area contributed by atoms with Crippen LogP contribution >= 0.6 is 0 Å². The SMILES string of the molecule is CN[C@@H](C)C(=O)N[C@H](C(=O)N1C[C@@H](NC(=O)CCC(=O)NCCCN2CCN(CC(=O)NCc3cccc(CNc4cc(N5CCC6(CC5)CN(c5cc(F)c(CN7CCC(C)(C)CC7)cc5F)CC(=O)N6)ncn4)c3)CC2)C[C@H]1C(=O)NCC1CCCc2ccccc21)C1CCCCC1. The zero-order chi connectivity index (χ0) is 70.3. The molecule has 7 aliphatic rings. The van der Waals surface area contributed by atoms with Gasteiger partial charge in [-0.1, -0.05) is 81.6 Å². The van der Waals surface area contributed by atoms with E-state index in [1.54, 1.807) is 23.8 Å². The van der Waals surface area contributed by atoms with Gasteiger partial charge in [0.25, 0.3) is 0 Å². The minimum atomic E-state index is -0.847. The van der Waals surface area contributed by atoms with Gasteiger partial charge in [-0.15, -0.1) is 0 Å². The number of hydrogen-bond acceptors (Lipinski definition) is 16. The minimum Gasteiger partial charge on any atom is -0.366 e. The Morgan fingerprint density at radius 3 is 2.24 bits per heavy atom. The Bertz CT molecular complexity index is 3490. The summed E-state index contributed by atoms with van der Waals surface area (Å²) in [6.07, 6.45) is 13.2. The highest BCUT2D eigenvalue weighted by atomic mass is 19.1.